The van der Waals surface area contributed by atoms with E-state index in [-0.39, 0.29) is 21.6 Å². The summed E-state index contributed by atoms with van der Waals surface area (Å²) in [6.07, 6.45) is 3.00. The number of aromatic nitrogens is 2. The molecule has 1 saturated heterocycles. The monoisotopic (exact) mass is 549 g/mol. The number of hydrogen-bond acceptors (Lipinski definition) is 6. The molecular formula is C29H29ClFN5O3. The minimum absolute atomic E-state index is 0.0656. The number of anilines is 2. The van der Waals surface area contributed by atoms with Crippen molar-refractivity contribution in [1.82, 2.24) is 14.9 Å². The zero-order valence-corrected chi connectivity index (χ0v) is 22.5. The Balaban J connectivity index is 1.58. The number of carboxylic acid groups (broad SMARTS) is 1. The third kappa shape index (κ3) is 5.32. The smallest absolute Gasteiger partial charge is 0.341 e. The Hall–Kier alpha value is -3.95. The second kappa shape index (κ2) is 11.0. The van der Waals surface area contributed by atoms with Crippen molar-refractivity contribution in [2.24, 2.45) is 0 Å². The molecule has 0 aliphatic carbocycles. The summed E-state index contributed by atoms with van der Waals surface area (Å²) in [7, 11) is 0. The number of hydrogen-bond donors (Lipinski definition) is 2. The first-order valence-corrected chi connectivity index (χ1v) is 13.2. The largest absolute Gasteiger partial charge is 0.477 e. The normalized spacial score (nSPS) is 13.9. The molecule has 39 heavy (non-hydrogen) atoms. The Kier molecular flexibility index (Phi) is 7.54. The molecule has 8 nitrogen and oxygen atoms in total. The first-order chi connectivity index (χ1) is 18.7. The molecule has 0 amide bonds. The minimum atomic E-state index is -1.39. The van der Waals surface area contributed by atoms with Crippen molar-refractivity contribution in [1.29, 1.82) is 0 Å². The summed E-state index contributed by atoms with van der Waals surface area (Å²) in [6, 6.07) is 14.6. The predicted molar refractivity (Wildman–Crippen MR) is 152 cm³/mol. The molecule has 202 valence electrons. The number of fused-ring (bicyclic) bond motifs is 1. The number of carboxylic acids is 1. The van der Waals surface area contributed by atoms with Gasteiger partial charge in [0, 0.05) is 56.8 Å². The number of nitrogens with one attached hydrogen (secondary N) is 1. The van der Waals surface area contributed by atoms with E-state index in [1.54, 1.807) is 10.8 Å². The zero-order chi connectivity index (χ0) is 27.7. The summed E-state index contributed by atoms with van der Waals surface area (Å²) >= 11 is 6.88. The van der Waals surface area contributed by atoms with Gasteiger partial charge in [-0.25, -0.2) is 14.2 Å². The Morgan fingerprint density at radius 2 is 1.79 bits per heavy atom. The number of piperazine rings is 1. The van der Waals surface area contributed by atoms with E-state index in [4.69, 9.17) is 11.6 Å². The van der Waals surface area contributed by atoms with Crippen LogP contribution in [-0.4, -0.2) is 52.8 Å². The number of nitrogens with zero attached hydrogens (tertiary/aromatic N) is 4. The second-order valence-electron chi connectivity index (χ2n) is 9.83. The number of halogens is 2. The molecule has 0 spiro atoms. The fraction of sp³-hybridized carbons (Fsp3) is 0.276. The molecule has 2 aromatic carbocycles. The van der Waals surface area contributed by atoms with Crippen LogP contribution in [0, 0.1) is 5.82 Å². The molecule has 3 heterocycles. The Morgan fingerprint density at radius 3 is 2.41 bits per heavy atom. The fourth-order valence-corrected chi connectivity index (χ4v) is 5.25. The molecule has 10 heteroatoms. The third-order valence-electron chi connectivity index (χ3n) is 6.89. The van der Waals surface area contributed by atoms with Gasteiger partial charge in [-0.1, -0.05) is 43.6 Å². The highest BCUT2D eigenvalue weighted by Crippen LogP contribution is 2.37. The van der Waals surface area contributed by atoms with Gasteiger partial charge in [-0.2, -0.15) is 0 Å². The van der Waals surface area contributed by atoms with E-state index in [0.29, 0.717) is 44.5 Å². The van der Waals surface area contributed by atoms with E-state index in [0.717, 1.165) is 17.4 Å². The summed E-state index contributed by atoms with van der Waals surface area (Å²) in [5, 5.41) is 13.0. The lowest BCUT2D eigenvalue weighted by atomic mass is 10.1. The highest BCUT2D eigenvalue weighted by molar-refractivity contribution is 6.38. The van der Waals surface area contributed by atoms with Crippen molar-refractivity contribution < 1.29 is 14.3 Å². The number of benzene rings is 2. The van der Waals surface area contributed by atoms with Crippen LogP contribution >= 0.6 is 11.6 Å². The van der Waals surface area contributed by atoms with Crippen LogP contribution in [0.4, 0.5) is 15.9 Å². The Morgan fingerprint density at radius 1 is 1.10 bits per heavy atom. The van der Waals surface area contributed by atoms with Crippen LogP contribution in [0.1, 0.15) is 29.8 Å². The lowest BCUT2D eigenvalue weighted by molar-refractivity contribution is 0.0695. The maximum absolute atomic E-state index is 15.6. The van der Waals surface area contributed by atoms with Gasteiger partial charge in [0.05, 0.1) is 21.6 Å². The zero-order valence-electron chi connectivity index (χ0n) is 21.7. The molecule has 0 bridgehead atoms. The van der Waals surface area contributed by atoms with Gasteiger partial charge in [-0.3, -0.25) is 4.79 Å². The summed E-state index contributed by atoms with van der Waals surface area (Å²) in [5.74, 6) is -1.20. The standard InChI is InChI=1S/C29H29ClFN5O3/c1-18(2)33-16-19-6-8-20(9-7-19)36-17-22(29(38)39)28(37)21-15-23(31)27(25(30)26(21)36)35-13-11-34(12-14-35)24-5-3-4-10-32-24/h3-10,15,17-18,33H,11-14,16H2,1-2H3,(H,38,39). The topological polar surface area (TPSA) is 90.7 Å². The van der Waals surface area contributed by atoms with E-state index in [2.05, 4.69) is 29.0 Å². The van der Waals surface area contributed by atoms with Gasteiger partial charge >= 0.3 is 5.97 Å². The molecule has 0 radical (unpaired) electrons. The van der Waals surface area contributed by atoms with Crippen LogP contribution in [-0.2, 0) is 6.54 Å². The maximum atomic E-state index is 15.6. The Bertz CT molecular complexity index is 1570. The number of aromatic carboxylic acids is 1. The van der Waals surface area contributed by atoms with Crippen LogP contribution in [0.25, 0.3) is 16.6 Å². The number of pyridine rings is 2. The van der Waals surface area contributed by atoms with E-state index < -0.39 is 22.8 Å². The van der Waals surface area contributed by atoms with Crippen LogP contribution in [0.5, 0.6) is 0 Å². The molecule has 0 saturated carbocycles. The Labute approximate surface area is 230 Å². The van der Waals surface area contributed by atoms with E-state index in [9.17, 15) is 14.7 Å². The molecule has 2 N–H and O–H groups in total. The highest BCUT2D eigenvalue weighted by atomic mass is 35.5. The van der Waals surface area contributed by atoms with E-state index >= 15 is 4.39 Å². The van der Waals surface area contributed by atoms with Crippen LogP contribution in [0.3, 0.4) is 0 Å². The van der Waals surface area contributed by atoms with Gasteiger partial charge in [0.2, 0.25) is 5.43 Å². The highest BCUT2D eigenvalue weighted by Gasteiger charge is 2.27. The second-order valence-corrected chi connectivity index (χ2v) is 10.2. The molecule has 1 fully saturated rings. The molecule has 1 aliphatic rings. The molecule has 0 unspecified atom stereocenters. The van der Waals surface area contributed by atoms with Crippen molar-refractivity contribution in [3.05, 3.63) is 93.1 Å². The van der Waals surface area contributed by atoms with Crippen molar-refractivity contribution in [2.75, 3.05) is 36.0 Å². The quantitative estimate of drug-likeness (QED) is 0.345. The average Bonchev–Trinajstić information content (AvgIpc) is 2.93. The molecular weight excluding hydrogens is 521 g/mol. The van der Waals surface area contributed by atoms with Gasteiger partial charge in [0.1, 0.15) is 17.2 Å². The predicted octanol–water partition coefficient (Wildman–Crippen LogP) is 4.70. The summed E-state index contributed by atoms with van der Waals surface area (Å²) in [4.78, 5) is 33.4. The molecule has 1 aliphatic heterocycles. The fourth-order valence-electron chi connectivity index (χ4n) is 4.85. The number of rotatable bonds is 7. The van der Waals surface area contributed by atoms with Gasteiger partial charge in [-0.05, 0) is 35.9 Å². The minimum Gasteiger partial charge on any atom is -0.477 e. The first-order valence-electron chi connectivity index (χ1n) is 12.8. The maximum Gasteiger partial charge on any atom is 0.341 e. The van der Waals surface area contributed by atoms with Gasteiger partial charge in [0.25, 0.3) is 0 Å². The van der Waals surface area contributed by atoms with Crippen molar-refractivity contribution in [2.45, 2.75) is 26.4 Å². The summed E-state index contributed by atoms with van der Waals surface area (Å²) < 4.78 is 17.1. The lowest BCUT2D eigenvalue weighted by Crippen LogP contribution is -2.47. The molecule has 0 atom stereocenters. The van der Waals surface area contributed by atoms with Gasteiger partial charge < -0.3 is 24.8 Å². The van der Waals surface area contributed by atoms with E-state index in [1.165, 1.54) is 6.20 Å². The van der Waals surface area contributed by atoms with Gasteiger partial charge in [0.15, 0.2) is 0 Å². The molecule has 2 aromatic heterocycles. The summed E-state index contributed by atoms with van der Waals surface area (Å²) in [5.41, 5.74) is 0.872. The lowest BCUT2D eigenvalue weighted by Gasteiger charge is -2.37. The SMILES string of the molecule is CC(C)NCc1ccc(-n2cc(C(=O)O)c(=O)c3cc(F)c(N4CCN(c5ccccn5)CC4)c(Cl)c32)cc1. The van der Waals surface area contributed by atoms with Crippen LogP contribution in [0.15, 0.2) is 65.7 Å². The van der Waals surface area contributed by atoms with Crippen molar-refractivity contribution in [3.8, 4) is 5.69 Å². The van der Waals surface area contributed by atoms with E-state index in [1.807, 2.05) is 47.4 Å². The number of carbonyl (C=O) groups is 1. The molecule has 4 aromatic rings. The van der Waals surface area contributed by atoms with Crippen molar-refractivity contribution in [3.63, 3.8) is 0 Å². The van der Waals surface area contributed by atoms with Crippen LogP contribution < -0.4 is 20.5 Å². The van der Waals surface area contributed by atoms with Crippen molar-refractivity contribution >= 4 is 40.0 Å². The first kappa shape index (κ1) is 26.6. The molecule has 5 rings (SSSR count). The average molecular weight is 550 g/mol. The summed E-state index contributed by atoms with van der Waals surface area (Å²) in [6.45, 7) is 7.00. The van der Waals surface area contributed by atoms with Crippen LogP contribution in [0.2, 0.25) is 5.02 Å². The third-order valence-corrected chi connectivity index (χ3v) is 7.24. The van der Waals surface area contributed by atoms with Gasteiger partial charge in [-0.15, -0.1) is 0 Å².